The summed E-state index contributed by atoms with van der Waals surface area (Å²) < 4.78 is 0.349. The fourth-order valence-electron chi connectivity index (χ4n) is 3.94. The predicted molar refractivity (Wildman–Crippen MR) is 122 cm³/mol. The van der Waals surface area contributed by atoms with Crippen LogP contribution >= 0.6 is 11.8 Å². The van der Waals surface area contributed by atoms with Gasteiger partial charge in [0.25, 0.3) is 0 Å². The Morgan fingerprint density at radius 2 is 1.75 bits per heavy atom. The normalized spacial score (nSPS) is 24.5. The number of hydrogen-bond acceptors (Lipinski definition) is 4. The quantitative estimate of drug-likeness (QED) is 0.541. The number of rotatable bonds is 7. The van der Waals surface area contributed by atoms with Crippen molar-refractivity contribution in [3.05, 3.63) is 35.4 Å². The van der Waals surface area contributed by atoms with E-state index >= 15 is 0 Å². The van der Waals surface area contributed by atoms with Gasteiger partial charge in [-0.1, -0.05) is 31.2 Å². The number of hydrogen-bond donors (Lipinski definition) is 2. The van der Waals surface area contributed by atoms with Crippen molar-refractivity contribution in [1.82, 2.24) is 20.4 Å². The molecule has 2 heterocycles. The highest BCUT2D eigenvalue weighted by atomic mass is 32.2. The van der Waals surface area contributed by atoms with Crippen molar-refractivity contribution in [2.45, 2.75) is 44.5 Å². The SMILES string of the molecule is CCN1CCN(Cc2ccc(CNC(=NC)NCC3(C)CCCS3)cc2)CC1. The van der Waals surface area contributed by atoms with Crippen LogP contribution in [0.3, 0.4) is 0 Å². The number of likely N-dealkylation sites (N-methyl/N-ethyl adjacent to an activating group) is 1. The van der Waals surface area contributed by atoms with Gasteiger partial charge in [-0.25, -0.2) is 0 Å². The Morgan fingerprint density at radius 1 is 1.07 bits per heavy atom. The maximum absolute atomic E-state index is 4.38. The van der Waals surface area contributed by atoms with Crippen LogP contribution in [0.5, 0.6) is 0 Å². The van der Waals surface area contributed by atoms with Crippen molar-refractivity contribution in [1.29, 1.82) is 0 Å². The molecule has 156 valence electrons. The number of piperazine rings is 1. The molecule has 6 heteroatoms. The standard InChI is InChI=1S/C22H37N5S/c1-4-26-11-13-27(14-12-26)17-20-8-6-19(7-9-20)16-24-21(23-3)25-18-22(2)10-5-15-28-22/h6-9H,4-5,10-18H2,1-3H3,(H2,23,24,25). The number of benzene rings is 1. The summed E-state index contributed by atoms with van der Waals surface area (Å²) >= 11 is 2.08. The van der Waals surface area contributed by atoms with Crippen LogP contribution in [0.25, 0.3) is 0 Å². The summed E-state index contributed by atoms with van der Waals surface area (Å²) in [6.07, 6.45) is 2.62. The van der Waals surface area contributed by atoms with Crippen molar-refractivity contribution in [2.24, 2.45) is 4.99 Å². The van der Waals surface area contributed by atoms with Gasteiger partial charge in [0.1, 0.15) is 0 Å². The van der Waals surface area contributed by atoms with E-state index in [1.54, 1.807) is 0 Å². The average Bonchev–Trinajstić information content (AvgIpc) is 3.16. The van der Waals surface area contributed by atoms with Crippen molar-refractivity contribution in [2.75, 3.05) is 52.1 Å². The molecule has 0 aromatic heterocycles. The number of nitrogens with zero attached hydrogens (tertiary/aromatic N) is 3. The van der Waals surface area contributed by atoms with E-state index in [0.29, 0.717) is 4.75 Å². The first kappa shape index (κ1) is 21.5. The zero-order chi connectivity index (χ0) is 19.8. The summed E-state index contributed by atoms with van der Waals surface area (Å²) in [5.41, 5.74) is 2.70. The Balaban J connectivity index is 1.41. The smallest absolute Gasteiger partial charge is 0.191 e. The molecule has 0 aliphatic carbocycles. The van der Waals surface area contributed by atoms with Gasteiger partial charge in [-0.15, -0.1) is 0 Å². The molecule has 1 aromatic carbocycles. The van der Waals surface area contributed by atoms with E-state index in [-0.39, 0.29) is 0 Å². The van der Waals surface area contributed by atoms with Gasteiger partial charge < -0.3 is 15.5 Å². The molecule has 2 N–H and O–H groups in total. The molecule has 1 aromatic rings. The molecular weight excluding hydrogens is 366 g/mol. The zero-order valence-corrected chi connectivity index (χ0v) is 18.7. The van der Waals surface area contributed by atoms with Crippen LogP contribution in [0.15, 0.2) is 29.3 Å². The number of thioether (sulfide) groups is 1. The van der Waals surface area contributed by atoms with Crippen molar-refractivity contribution >= 4 is 17.7 Å². The third-order valence-electron chi connectivity index (χ3n) is 5.96. The molecule has 0 spiro atoms. The van der Waals surface area contributed by atoms with Crippen molar-refractivity contribution < 1.29 is 0 Å². The summed E-state index contributed by atoms with van der Waals surface area (Å²) in [4.78, 5) is 9.47. The molecule has 2 aliphatic heterocycles. The second-order valence-electron chi connectivity index (χ2n) is 8.21. The second kappa shape index (κ2) is 10.5. The van der Waals surface area contributed by atoms with E-state index in [2.05, 4.69) is 75.3 Å². The Hall–Kier alpha value is -1.24. The van der Waals surface area contributed by atoms with Crippen LogP contribution in [-0.2, 0) is 13.1 Å². The fourth-order valence-corrected chi connectivity index (χ4v) is 5.18. The lowest BCUT2D eigenvalue weighted by atomic mass is 10.1. The lowest BCUT2D eigenvalue weighted by Crippen LogP contribution is -2.45. The molecule has 3 rings (SSSR count). The zero-order valence-electron chi connectivity index (χ0n) is 17.8. The Kier molecular flexibility index (Phi) is 8.06. The summed E-state index contributed by atoms with van der Waals surface area (Å²) in [6.45, 7) is 13.4. The van der Waals surface area contributed by atoms with E-state index < -0.39 is 0 Å². The molecule has 0 radical (unpaired) electrons. The molecule has 0 amide bonds. The monoisotopic (exact) mass is 403 g/mol. The minimum absolute atomic E-state index is 0.349. The van der Waals surface area contributed by atoms with E-state index in [9.17, 15) is 0 Å². The van der Waals surface area contributed by atoms with Gasteiger partial charge in [-0.3, -0.25) is 9.89 Å². The topological polar surface area (TPSA) is 42.9 Å². The molecule has 1 atom stereocenters. The molecule has 1 unspecified atom stereocenters. The van der Waals surface area contributed by atoms with Crippen LogP contribution in [0.1, 0.15) is 37.8 Å². The summed E-state index contributed by atoms with van der Waals surface area (Å²) in [6, 6.07) is 9.03. The third kappa shape index (κ3) is 6.39. The van der Waals surface area contributed by atoms with Crippen LogP contribution < -0.4 is 10.6 Å². The van der Waals surface area contributed by atoms with Crippen LogP contribution in [0.2, 0.25) is 0 Å². The number of nitrogens with one attached hydrogen (secondary N) is 2. The largest absolute Gasteiger partial charge is 0.355 e. The highest BCUT2D eigenvalue weighted by Gasteiger charge is 2.29. The van der Waals surface area contributed by atoms with E-state index in [1.165, 1.54) is 62.4 Å². The van der Waals surface area contributed by atoms with E-state index in [0.717, 1.165) is 25.6 Å². The Morgan fingerprint density at radius 3 is 2.36 bits per heavy atom. The maximum Gasteiger partial charge on any atom is 0.191 e. The van der Waals surface area contributed by atoms with E-state index in [1.807, 2.05) is 7.05 Å². The van der Waals surface area contributed by atoms with Gasteiger partial charge in [0.05, 0.1) is 0 Å². The molecule has 0 saturated carbocycles. The number of guanidine groups is 1. The Bertz CT molecular complexity index is 616. The number of aliphatic imine (C=N–C) groups is 1. The van der Waals surface area contributed by atoms with Crippen LogP contribution in [0.4, 0.5) is 0 Å². The molecule has 0 bridgehead atoms. The summed E-state index contributed by atoms with van der Waals surface area (Å²) in [5, 5.41) is 6.96. The van der Waals surface area contributed by atoms with Crippen LogP contribution in [-0.4, -0.2) is 72.6 Å². The lowest BCUT2D eigenvalue weighted by molar-refractivity contribution is 0.132. The molecular formula is C22H37N5S. The summed E-state index contributed by atoms with van der Waals surface area (Å²) in [7, 11) is 1.85. The average molecular weight is 404 g/mol. The molecule has 2 saturated heterocycles. The second-order valence-corrected chi connectivity index (χ2v) is 9.89. The third-order valence-corrected chi connectivity index (χ3v) is 7.49. The van der Waals surface area contributed by atoms with Gasteiger partial charge in [0, 0.05) is 57.6 Å². The first-order valence-electron chi connectivity index (χ1n) is 10.7. The van der Waals surface area contributed by atoms with Crippen molar-refractivity contribution in [3.63, 3.8) is 0 Å². The van der Waals surface area contributed by atoms with Crippen molar-refractivity contribution in [3.8, 4) is 0 Å². The first-order valence-corrected chi connectivity index (χ1v) is 11.7. The highest BCUT2D eigenvalue weighted by molar-refractivity contribution is 8.00. The first-order chi connectivity index (χ1) is 13.6. The van der Waals surface area contributed by atoms with E-state index in [4.69, 9.17) is 0 Å². The lowest BCUT2D eigenvalue weighted by Gasteiger charge is -2.34. The predicted octanol–water partition coefficient (Wildman–Crippen LogP) is 2.77. The minimum Gasteiger partial charge on any atom is -0.355 e. The Labute approximate surface area is 175 Å². The van der Waals surface area contributed by atoms with Gasteiger partial charge in [0.15, 0.2) is 5.96 Å². The fraction of sp³-hybridized carbons (Fsp3) is 0.682. The van der Waals surface area contributed by atoms with Gasteiger partial charge >= 0.3 is 0 Å². The van der Waals surface area contributed by atoms with Gasteiger partial charge in [0.2, 0.25) is 0 Å². The molecule has 2 fully saturated rings. The maximum atomic E-state index is 4.38. The molecule has 5 nitrogen and oxygen atoms in total. The molecule has 2 aliphatic rings. The highest BCUT2D eigenvalue weighted by Crippen LogP contribution is 2.36. The minimum atomic E-state index is 0.349. The molecule has 28 heavy (non-hydrogen) atoms. The van der Waals surface area contributed by atoms with Crippen LogP contribution in [0, 0.1) is 0 Å². The van der Waals surface area contributed by atoms with Gasteiger partial charge in [-0.2, -0.15) is 11.8 Å². The summed E-state index contributed by atoms with van der Waals surface area (Å²) in [5.74, 6) is 2.18. The van der Waals surface area contributed by atoms with Gasteiger partial charge in [-0.05, 0) is 43.2 Å².